The van der Waals surface area contributed by atoms with Gasteiger partial charge in [-0.25, -0.2) is 14.3 Å². The molecule has 1 saturated heterocycles. The number of nitrogens with one attached hydrogen (secondary N) is 1. The number of nitrogens with zero attached hydrogens (tertiary/aromatic N) is 4. The number of piperidine rings is 1. The molecular formula is C15H23N5O2S. The maximum atomic E-state index is 11.6. The molecule has 2 aromatic rings. The van der Waals surface area contributed by atoms with Crippen LogP contribution in [0.25, 0.3) is 4.96 Å². The lowest BCUT2D eigenvalue weighted by Gasteiger charge is -2.31. The minimum atomic E-state index is -0.264. The van der Waals surface area contributed by atoms with Crippen LogP contribution in [-0.4, -0.2) is 51.8 Å². The smallest absolute Gasteiger partial charge is 0.409 e. The van der Waals surface area contributed by atoms with Crippen molar-refractivity contribution in [1.29, 1.82) is 0 Å². The molecular weight excluding hydrogens is 314 g/mol. The number of likely N-dealkylation sites (tertiary alicyclic amines) is 1. The van der Waals surface area contributed by atoms with Crippen LogP contribution in [0.15, 0.2) is 6.20 Å². The third-order valence-electron chi connectivity index (χ3n) is 3.99. The lowest BCUT2D eigenvalue weighted by atomic mass is 9.93. The Bertz CT molecular complexity index is 671. The van der Waals surface area contributed by atoms with Crippen molar-refractivity contribution in [1.82, 2.24) is 19.5 Å². The largest absolute Gasteiger partial charge is 0.453 e. The zero-order chi connectivity index (χ0) is 16.6. The van der Waals surface area contributed by atoms with Crippen molar-refractivity contribution in [3.63, 3.8) is 0 Å². The number of imidazole rings is 1. The Balaban J connectivity index is 1.69. The predicted octanol–water partition coefficient (Wildman–Crippen LogP) is 2.73. The topological polar surface area (TPSA) is 71.8 Å². The average molecular weight is 337 g/mol. The van der Waals surface area contributed by atoms with Gasteiger partial charge in [0.05, 0.1) is 19.0 Å². The van der Waals surface area contributed by atoms with Crippen LogP contribution in [0.4, 0.5) is 9.93 Å². The maximum Gasteiger partial charge on any atom is 0.409 e. The number of methoxy groups -OCH3 is 1. The van der Waals surface area contributed by atoms with E-state index in [0.29, 0.717) is 6.54 Å². The van der Waals surface area contributed by atoms with Gasteiger partial charge in [-0.3, -0.25) is 0 Å². The number of hydrogen-bond donors (Lipinski definition) is 1. The molecule has 1 atom stereocenters. The molecule has 0 saturated carbocycles. The first kappa shape index (κ1) is 16.0. The molecule has 0 aliphatic carbocycles. The van der Waals surface area contributed by atoms with Gasteiger partial charge in [0.25, 0.3) is 0 Å². The molecule has 3 rings (SSSR count). The summed E-state index contributed by atoms with van der Waals surface area (Å²) >= 11 is 1.54. The van der Waals surface area contributed by atoms with Gasteiger partial charge in [0, 0.05) is 24.5 Å². The van der Waals surface area contributed by atoms with E-state index in [1.807, 2.05) is 10.7 Å². The number of ether oxygens (including phenoxy) is 1. The summed E-state index contributed by atoms with van der Waals surface area (Å²) in [5, 5.41) is 8.82. The second-order valence-electron chi connectivity index (χ2n) is 6.91. The predicted molar refractivity (Wildman–Crippen MR) is 90.2 cm³/mol. The van der Waals surface area contributed by atoms with E-state index < -0.39 is 0 Å². The van der Waals surface area contributed by atoms with Gasteiger partial charge in [-0.05, 0) is 12.8 Å². The van der Waals surface area contributed by atoms with Gasteiger partial charge in [-0.15, -0.1) is 5.10 Å². The van der Waals surface area contributed by atoms with Crippen molar-refractivity contribution < 1.29 is 9.53 Å². The molecule has 8 heteroatoms. The summed E-state index contributed by atoms with van der Waals surface area (Å²) in [5.74, 6) is 0. The quantitative estimate of drug-likeness (QED) is 0.912. The van der Waals surface area contributed by atoms with E-state index in [-0.39, 0.29) is 17.6 Å². The maximum absolute atomic E-state index is 11.6. The van der Waals surface area contributed by atoms with Crippen LogP contribution >= 0.6 is 11.3 Å². The lowest BCUT2D eigenvalue weighted by molar-refractivity contribution is 0.113. The zero-order valence-electron chi connectivity index (χ0n) is 14.0. The highest BCUT2D eigenvalue weighted by Gasteiger charge is 2.25. The number of aromatic nitrogens is 3. The van der Waals surface area contributed by atoms with Crippen LogP contribution in [0.2, 0.25) is 0 Å². The fourth-order valence-corrected chi connectivity index (χ4v) is 3.54. The zero-order valence-corrected chi connectivity index (χ0v) is 14.8. The van der Waals surface area contributed by atoms with Crippen LogP contribution in [0, 0.1) is 0 Å². The van der Waals surface area contributed by atoms with Gasteiger partial charge >= 0.3 is 6.09 Å². The van der Waals surface area contributed by atoms with Gasteiger partial charge in [-0.2, -0.15) is 0 Å². The number of anilines is 1. The standard InChI is InChI=1S/C15H23N5O2S/c1-15(2,3)11-9-20-13(17-11)23-12(18-20)16-10-6-5-7-19(8-10)14(21)22-4/h9-10H,5-8H2,1-4H3,(H,16,18). The van der Waals surface area contributed by atoms with Crippen LogP contribution in [0.1, 0.15) is 39.3 Å². The summed E-state index contributed by atoms with van der Waals surface area (Å²) in [5.41, 5.74) is 1.06. The third-order valence-corrected chi connectivity index (χ3v) is 4.85. The second kappa shape index (κ2) is 5.99. The van der Waals surface area contributed by atoms with E-state index in [1.165, 1.54) is 18.4 Å². The van der Waals surface area contributed by atoms with Crippen molar-refractivity contribution in [3.8, 4) is 0 Å². The highest BCUT2D eigenvalue weighted by Crippen LogP contribution is 2.26. The fourth-order valence-electron chi connectivity index (χ4n) is 2.68. The van der Waals surface area contributed by atoms with Crippen molar-refractivity contribution in [2.24, 2.45) is 0 Å². The molecule has 1 unspecified atom stereocenters. The van der Waals surface area contributed by atoms with Crippen molar-refractivity contribution in [2.45, 2.75) is 45.1 Å². The first-order valence-corrected chi connectivity index (χ1v) is 8.64. The molecule has 0 spiro atoms. The van der Waals surface area contributed by atoms with Gasteiger partial charge in [-0.1, -0.05) is 32.1 Å². The number of carbonyl (C=O) groups excluding carboxylic acids is 1. The molecule has 7 nitrogen and oxygen atoms in total. The van der Waals surface area contributed by atoms with Crippen LogP contribution in [0.3, 0.4) is 0 Å². The summed E-state index contributed by atoms with van der Waals surface area (Å²) in [4.78, 5) is 18.9. The second-order valence-corrected chi connectivity index (χ2v) is 7.87. The first-order valence-electron chi connectivity index (χ1n) is 7.83. The van der Waals surface area contributed by atoms with E-state index in [4.69, 9.17) is 4.74 Å². The van der Waals surface area contributed by atoms with E-state index in [2.05, 4.69) is 36.2 Å². The summed E-state index contributed by atoms with van der Waals surface area (Å²) in [6.07, 6.45) is 3.70. The molecule has 1 N–H and O–H groups in total. The Labute approximate surface area is 139 Å². The molecule has 1 fully saturated rings. The summed E-state index contributed by atoms with van der Waals surface area (Å²) in [6.45, 7) is 7.81. The fraction of sp³-hybridized carbons (Fsp3) is 0.667. The van der Waals surface area contributed by atoms with E-state index in [9.17, 15) is 4.79 Å². The van der Waals surface area contributed by atoms with E-state index >= 15 is 0 Å². The van der Waals surface area contributed by atoms with Gasteiger partial charge < -0.3 is 15.0 Å². The normalized spacial score (nSPS) is 19.1. The van der Waals surface area contributed by atoms with Gasteiger partial charge in [0.2, 0.25) is 10.1 Å². The van der Waals surface area contributed by atoms with Crippen molar-refractivity contribution >= 4 is 27.5 Å². The highest BCUT2D eigenvalue weighted by atomic mass is 32.1. The van der Waals surface area contributed by atoms with E-state index in [1.54, 1.807) is 4.90 Å². The summed E-state index contributed by atoms with van der Waals surface area (Å²) in [6, 6.07) is 0.195. The highest BCUT2D eigenvalue weighted by molar-refractivity contribution is 7.20. The molecule has 0 bridgehead atoms. The van der Waals surface area contributed by atoms with Crippen molar-refractivity contribution in [2.75, 3.05) is 25.5 Å². The van der Waals surface area contributed by atoms with E-state index in [0.717, 1.165) is 35.2 Å². The minimum Gasteiger partial charge on any atom is -0.453 e. The lowest BCUT2D eigenvalue weighted by Crippen LogP contribution is -2.45. The molecule has 126 valence electrons. The number of fused-ring (bicyclic) bond motifs is 1. The Morgan fingerprint density at radius 2 is 2.26 bits per heavy atom. The Morgan fingerprint density at radius 3 is 2.91 bits per heavy atom. The molecule has 2 aromatic heterocycles. The Kier molecular flexibility index (Phi) is 4.18. The molecule has 3 heterocycles. The molecule has 1 aliphatic rings. The SMILES string of the molecule is COC(=O)N1CCCC(Nc2nn3cc(C(C)(C)C)nc3s2)C1. The monoisotopic (exact) mass is 337 g/mol. The van der Waals surface area contributed by atoms with Crippen LogP contribution < -0.4 is 5.32 Å². The van der Waals surface area contributed by atoms with Crippen molar-refractivity contribution in [3.05, 3.63) is 11.9 Å². The average Bonchev–Trinajstić information content (AvgIpc) is 3.04. The molecule has 23 heavy (non-hydrogen) atoms. The molecule has 1 amide bonds. The third kappa shape index (κ3) is 3.41. The Morgan fingerprint density at radius 1 is 1.48 bits per heavy atom. The number of hydrogen-bond acceptors (Lipinski definition) is 6. The molecule has 0 aromatic carbocycles. The number of amides is 1. The van der Waals surface area contributed by atoms with Crippen LogP contribution in [-0.2, 0) is 10.2 Å². The number of carbonyl (C=O) groups is 1. The molecule has 0 radical (unpaired) electrons. The Hall–Kier alpha value is -1.83. The van der Waals surface area contributed by atoms with Gasteiger partial charge in [0.1, 0.15) is 0 Å². The molecule has 1 aliphatic heterocycles. The van der Waals surface area contributed by atoms with Gasteiger partial charge in [0.15, 0.2) is 0 Å². The van der Waals surface area contributed by atoms with Crippen LogP contribution in [0.5, 0.6) is 0 Å². The number of rotatable bonds is 2. The summed E-state index contributed by atoms with van der Waals surface area (Å²) in [7, 11) is 1.42. The minimum absolute atomic E-state index is 0.0192. The first-order chi connectivity index (χ1) is 10.9. The summed E-state index contributed by atoms with van der Waals surface area (Å²) < 4.78 is 6.63.